The number of piperidine rings is 2. The number of imidazole rings is 1. The molecule has 2 aromatic heterocycles. The zero-order valence-corrected chi connectivity index (χ0v) is 29.6. The second-order valence-electron chi connectivity index (χ2n) is 15.6. The van der Waals surface area contributed by atoms with E-state index < -0.39 is 5.41 Å². The molecule has 4 aromatic rings. The maximum Gasteiger partial charge on any atom is 0.238 e. The third-order valence-corrected chi connectivity index (χ3v) is 12.4. The molecule has 9 rings (SSSR count). The standard InChI is InChI=1S/C40H47FN8O2/c1-25(2)48-24-43-34-21-33(45-37(36(34)48)44-32-9-5-4-8-31(32)41)26-10-11-30-35(18-26)49(29-19-28(20-29)46-14-6-3-7-15-46)39(51)40(30)12-16-47(17-13-40)38(50)27-22-42-23-27/h4-5,8-11,18,21,24-25,27-29,42H,3,6-7,12-17,19-20,22-23H2,1-2H3,(H,44,45)/t28-,29+. The summed E-state index contributed by atoms with van der Waals surface area (Å²) < 4.78 is 17.0. The molecule has 4 fully saturated rings. The number of fused-ring (bicyclic) bond motifs is 3. The predicted octanol–water partition coefficient (Wildman–Crippen LogP) is 6.01. The average Bonchev–Trinajstić information content (AvgIpc) is 3.63. The number of nitrogens with zero attached hydrogens (tertiary/aromatic N) is 6. The van der Waals surface area contributed by atoms with Crippen LogP contribution in [0, 0.1) is 11.7 Å². The molecule has 5 aliphatic rings. The summed E-state index contributed by atoms with van der Waals surface area (Å²) in [7, 11) is 0. The van der Waals surface area contributed by atoms with Crippen molar-refractivity contribution in [3.8, 4) is 11.3 Å². The molecule has 11 heteroatoms. The van der Waals surface area contributed by atoms with Gasteiger partial charge in [0, 0.05) is 55.6 Å². The molecule has 0 bridgehead atoms. The molecule has 3 saturated heterocycles. The van der Waals surface area contributed by atoms with Gasteiger partial charge in [-0.05, 0) is 95.3 Å². The molecule has 51 heavy (non-hydrogen) atoms. The van der Waals surface area contributed by atoms with Crippen molar-refractivity contribution in [3.63, 3.8) is 0 Å². The fraction of sp³-hybridized carbons (Fsp3) is 0.500. The van der Waals surface area contributed by atoms with Crippen molar-refractivity contribution in [1.82, 2.24) is 29.7 Å². The van der Waals surface area contributed by atoms with Crippen molar-refractivity contribution >= 4 is 40.0 Å². The van der Waals surface area contributed by atoms with E-state index in [4.69, 9.17) is 9.97 Å². The fourth-order valence-electron chi connectivity index (χ4n) is 9.15. The molecule has 4 aliphatic heterocycles. The maximum atomic E-state index is 14.9. The number of hydrogen-bond acceptors (Lipinski definition) is 7. The summed E-state index contributed by atoms with van der Waals surface area (Å²) in [5.74, 6) is 0.638. The first kappa shape index (κ1) is 32.6. The Morgan fingerprint density at radius 3 is 2.45 bits per heavy atom. The van der Waals surface area contributed by atoms with Gasteiger partial charge in [-0.25, -0.2) is 14.4 Å². The van der Waals surface area contributed by atoms with Gasteiger partial charge in [-0.3, -0.25) is 9.59 Å². The number of anilines is 3. The predicted molar refractivity (Wildman–Crippen MR) is 197 cm³/mol. The number of amides is 2. The topological polar surface area (TPSA) is 98.6 Å². The SMILES string of the molecule is CC(C)n1cnc2cc(-c3ccc4c(c3)N([C@H]3C[C@@H](N5CCCCC5)C3)C(=O)C43CCN(C(=O)C4CNC4)CC3)nc(Nc3ccccc3F)c21. The van der Waals surface area contributed by atoms with Gasteiger partial charge in [-0.1, -0.05) is 30.7 Å². The third kappa shape index (κ3) is 5.42. The molecule has 1 saturated carbocycles. The summed E-state index contributed by atoms with van der Waals surface area (Å²) in [5, 5.41) is 6.49. The molecule has 0 atom stereocenters. The Morgan fingerprint density at radius 1 is 0.980 bits per heavy atom. The van der Waals surface area contributed by atoms with Crippen LogP contribution in [-0.4, -0.2) is 87.5 Å². The van der Waals surface area contributed by atoms with Crippen molar-refractivity contribution in [1.29, 1.82) is 0 Å². The number of halogens is 1. The molecule has 6 heterocycles. The lowest BCUT2D eigenvalue weighted by Crippen LogP contribution is -2.59. The first-order chi connectivity index (χ1) is 24.8. The van der Waals surface area contributed by atoms with Gasteiger partial charge in [0.25, 0.3) is 0 Å². The van der Waals surface area contributed by atoms with E-state index in [2.05, 4.69) is 57.0 Å². The minimum Gasteiger partial charge on any atom is -0.342 e. The van der Waals surface area contributed by atoms with E-state index in [0.29, 0.717) is 49.2 Å². The molecule has 1 spiro atoms. The Labute approximate surface area is 298 Å². The van der Waals surface area contributed by atoms with E-state index >= 15 is 0 Å². The van der Waals surface area contributed by atoms with Crippen LogP contribution < -0.4 is 15.5 Å². The van der Waals surface area contributed by atoms with Crippen LogP contribution in [0.3, 0.4) is 0 Å². The monoisotopic (exact) mass is 690 g/mol. The maximum absolute atomic E-state index is 14.9. The molecule has 1 aliphatic carbocycles. The molecule has 2 aromatic carbocycles. The van der Waals surface area contributed by atoms with E-state index in [-0.39, 0.29) is 35.6 Å². The van der Waals surface area contributed by atoms with E-state index in [1.165, 1.54) is 25.3 Å². The Bertz CT molecular complexity index is 1990. The molecule has 2 N–H and O–H groups in total. The second kappa shape index (κ2) is 12.7. The summed E-state index contributed by atoms with van der Waals surface area (Å²) in [5.41, 5.74) is 4.93. The van der Waals surface area contributed by atoms with Gasteiger partial charge < -0.3 is 29.9 Å². The van der Waals surface area contributed by atoms with Gasteiger partial charge in [0.15, 0.2) is 5.82 Å². The largest absolute Gasteiger partial charge is 0.342 e. The quantitative estimate of drug-likeness (QED) is 0.245. The van der Waals surface area contributed by atoms with Crippen LogP contribution in [0.15, 0.2) is 54.9 Å². The van der Waals surface area contributed by atoms with Crippen LogP contribution in [0.2, 0.25) is 0 Å². The molecular weight excluding hydrogens is 643 g/mol. The lowest BCUT2D eigenvalue weighted by Gasteiger charge is -2.48. The fourth-order valence-corrected chi connectivity index (χ4v) is 9.15. The van der Waals surface area contributed by atoms with Crippen molar-refractivity contribution in [2.24, 2.45) is 5.92 Å². The van der Waals surface area contributed by atoms with Crippen LogP contribution in [0.4, 0.5) is 21.6 Å². The Kier molecular flexibility index (Phi) is 8.11. The molecule has 0 unspecified atom stereocenters. The van der Waals surface area contributed by atoms with Gasteiger partial charge in [0.05, 0.1) is 34.6 Å². The Hall–Kier alpha value is -4.35. The number of carbonyl (C=O) groups is 2. The van der Waals surface area contributed by atoms with Crippen LogP contribution in [0.25, 0.3) is 22.3 Å². The van der Waals surface area contributed by atoms with Gasteiger partial charge in [0.2, 0.25) is 11.8 Å². The van der Waals surface area contributed by atoms with Crippen molar-refractivity contribution < 1.29 is 14.0 Å². The summed E-state index contributed by atoms with van der Waals surface area (Å²) in [6.07, 6.45) is 8.87. The number of nitrogens with one attached hydrogen (secondary N) is 2. The first-order valence-electron chi connectivity index (χ1n) is 18.9. The van der Waals surface area contributed by atoms with E-state index in [9.17, 15) is 14.0 Å². The summed E-state index contributed by atoms with van der Waals surface area (Å²) in [6.45, 7) is 9.16. The van der Waals surface area contributed by atoms with E-state index in [0.717, 1.165) is 66.9 Å². The number of likely N-dealkylation sites (tertiary alicyclic amines) is 2. The zero-order valence-electron chi connectivity index (χ0n) is 29.6. The van der Waals surface area contributed by atoms with Gasteiger partial charge in [0.1, 0.15) is 11.3 Å². The highest BCUT2D eigenvalue weighted by molar-refractivity contribution is 6.09. The van der Waals surface area contributed by atoms with Crippen LogP contribution in [0.5, 0.6) is 0 Å². The van der Waals surface area contributed by atoms with Crippen molar-refractivity contribution in [2.45, 2.75) is 82.3 Å². The Balaban J connectivity index is 1.09. The number of para-hydroxylation sites is 1. The molecule has 2 amide bonds. The molecule has 266 valence electrons. The van der Waals surface area contributed by atoms with E-state index in [1.807, 2.05) is 17.3 Å². The Morgan fingerprint density at radius 2 is 1.75 bits per heavy atom. The van der Waals surface area contributed by atoms with Crippen LogP contribution >= 0.6 is 0 Å². The van der Waals surface area contributed by atoms with Crippen LogP contribution in [-0.2, 0) is 15.0 Å². The van der Waals surface area contributed by atoms with Gasteiger partial charge >= 0.3 is 0 Å². The molecular formula is C40H47FN8O2. The lowest BCUT2D eigenvalue weighted by atomic mass is 9.73. The number of carbonyl (C=O) groups excluding carboxylic acids is 2. The zero-order chi connectivity index (χ0) is 34.9. The highest BCUT2D eigenvalue weighted by Gasteiger charge is 2.56. The average molecular weight is 691 g/mol. The number of aromatic nitrogens is 3. The van der Waals surface area contributed by atoms with Crippen molar-refractivity contribution in [2.75, 3.05) is 49.5 Å². The minimum atomic E-state index is -0.635. The molecule has 10 nitrogen and oxygen atoms in total. The summed E-state index contributed by atoms with van der Waals surface area (Å²) in [6, 6.07) is 15.8. The molecule has 0 radical (unpaired) electrons. The van der Waals surface area contributed by atoms with E-state index in [1.54, 1.807) is 18.2 Å². The summed E-state index contributed by atoms with van der Waals surface area (Å²) >= 11 is 0. The summed E-state index contributed by atoms with van der Waals surface area (Å²) in [4.78, 5) is 44.6. The van der Waals surface area contributed by atoms with Crippen molar-refractivity contribution in [3.05, 3.63) is 66.2 Å². The highest BCUT2D eigenvalue weighted by Crippen LogP contribution is 2.52. The number of pyridine rings is 1. The lowest BCUT2D eigenvalue weighted by molar-refractivity contribution is -0.140. The number of hydrogen-bond donors (Lipinski definition) is 2. The number of rotatable bonds is 7. The normalized spacial score (nSPS) is 23.5. The number of benzene rings is 2. The first-order valence-corrected chi connectivity index (χ1v) is 18.9. The van der Waals surface area contributed by atoms with Gasteiger partial charge in [-0.15, -0.1) is 0 Å². The highest BCUT2D eigenvalue weighted by atomic mass is 19.1. The van der Waals surface area contributed by atoms with Crippen LogP contribution in [0.1, 0.15) is 70.4 Å². The van der Waals surface area contributed by atoms with Gasteiger partial charge in [-0.2, -0.15) is 0 Å². The smallest absolute Gasteiger partial charge is 0.238 e. The second-order valence-corrected chi connectivity index (χ2v) is 15.6. The third-order valence-electron chi connectivity index (χ3n) is 12.4. The minimum absolute atomic E-state index is 0.0564.